The summed E-state index contributed by atoms with van der Waals surface area (Å²) in [5.41, 5.74) is 1.17. The summed E-state index contributed by atoms with van der Waals surface area (Å²) in [6.07, 6.45) is 15.6. The maximum absolute atomic E-state index is 4.89. The molecule has 0 atom stereocenters. The van der Waals surface area contributed by atoms with Crippen molar-refractivity contribution in [3.05, 3.63) is 79.4 Å². The van der Waals surface area contributed by atoms with Crippen molar-refractivity contribution in [2.24, 2.45) is 0 Å². The summed E-state index contributed by atoms with van der Waals surface area (Å²) >= 11 is -0.556. The molecule has 1 aromatic heterocycles. The number of aromatic nitrogens is 2. The minimum Gasteiger partial charge on any atom is -0.325 e. The van der Waals surface area contributed by atoms with Crippen molar-refractivity contribution in [1.29, 1.82) is 0 Å². The van der Waals surface area contributed by atoms with Crippen LogP contribution in [0.3, 0.4) is 0 Å². The van der Waals surface area contributed by atoms with E-state index in [0.29, 0.717) is 0 Å². The second-order valence-corrected chi connectivity index (χ2v) is 6.97. The normalized spacial score (nSPS) is 11.5. The van der Waals surface area contributed by atoms with Crippen LogP contribution in [0, 0.1) is 6.08 Å². The molecule has 22 heavy (non-hydrogen) atoms. The first-order chi connectivity index (χ1) is 10.8. The van der Waals surface area contributed by atoms with E-state index in [9.17, 15) is 0 Å². The second kappa shape index (κ2) is 9.75. The van der Waals surface area contributed by atoms with Crippen molar-refractivity contribution in [2.75, 3.05) is 0 Å². The van der Waals surface area contributed by atoms with Crippen LogP contribution in [0.4, 0.5) is 0 Å². The Morgan fingerprint density at radius 2 is 2.09 bits per heavy atom. The second-order valence-electron chi connectivity index (χ2n) is 4.39. The summed E-state index contributed by atoms with van der Waals surface area (Å²) in [6.45, 7) is 0. The minimum absolute atomic E-state index is 0.556. The Labute approximate surface area is 147 Å². The molecule has 1 heterocycles. The molecule has 5 heteroatoms. The summed E-state index contributed by atoms with van der Waals surface area (Å²) in [5.74, 6) is 0. The van der Waals surface area contributed by atoms with E-state index >= 15 is 0 Å². The van der Waals surface area contributed by atoms with E-state index in [2.05, 4.69) is 53.5 Å². The molecular formula is C17H14Cl2N2Ti-2. The van der Waals surface area contributed by atoms with Crippen LogP contribution >= 0.6 is 18.6 Å². The zero-order valence-electron chi connectivity index (χ0n) is 11.8. The van der Waals surface area contributed by atoms with Crippen molar-refractivity contribution in [2.45, 2.75) is 6.42 Å². The maximum atomic E-state index is 4.89. The van der Waals surface area contributed by atoms with Crippen LogP contribution in [-0.4, -0.2) is 9.55 Å². The van der Waals surface area contributed by atoms with Crippen molar-refractivity contribution >= 4 is 29.4 Å². The Hall–Kier alpha value is -1.19. The molecule has 0 bridgehead atoms. The van der Waals surface area contributed by atoms with E-state index in [1.54, 1.807) is 6.20 Å². The van der Waals surface area contributed by atoms with E-state index in [1.165, 1.54) is 16.5 Å². The Balaban J connectivity index is 0.000000184. The third-order valence-corrected chi connectivity index (χ3v) is 2.99. The van der Waals surface area contributed by atoms with Gasteiger partial charge in [-0.05, 0) is 5.69 Å². The fourth-order valence-corrected chi connectivity index (χ4v) is 2.04. The van der Waals surface area contributed by atoms with Gasteiger partial charge in [0.1, 0.15) is 0 Å². The summed E-state index contributed by atoms with van der Waals surface area (Å²) in [7, 11) is 9.78. The zero-order valence-corrected chi connectivity index (χ0v) is 14.9. The number of fused-ring (bicyclic) bond motifs is 1. The van der Waals surface area contributed by atoms with Gasteiger partial charge in [0.15, 0.2) is 0 Å². The summed E-state index contributed by atoms with van der Waals surface area (Å²) in [4.78, 5) is 4.03. The summed E-state index contributed by atoms with van der Waals surface area (Å²) < 4.78 is 2.01. The van der Waals surface area contributed by atoms with Gasteiger partial charge < -0.3 is 4.57 Å². The summed E-state index contributed by atoms with van der Waals surface area (Å²) in [5, 5.41) is 2.55. The molecule has 0 spiro atoms. The van der Waals surface area contributed by atoms with Gasteiger partial charge in [-0.2, -0.15) is 6.08 Å². The molecule has 4 rings (SSSR count). The van der Waals surface area contributed by atoms with E-state index < -0.39 is 17.0 Å². The molecule has 2 aromatic carbocycles. The average Bonchev–Trinajstić information content (AvgIpc) is 3.29. The maximum Gasteiger partial charge on any atom is 0.0977 e. The predicted molar refractivity (Wildman–Crippen MR) is 89.9 cm³/mol. The molecule has 1 aliphatic rings. The smallest absolute Gasteiger partial charge is 0.0977 e. The zero-order chi connectivity index (χ0) is 15.6. The molecule has 0 amide bonds. The van der Waals surface area contributed by atoms with Gasteiger partial charge in [-0.1, -0.05) is 6.07 Å². The van der Waals surface area contributed by atoms with Crippen LogP contribution in [0.5, 0.6) is 0 Å². The number of benzene rings is 1. The van der Waals surface area contributed by atoms with E-state index in [-0.39, 0.29) is 0 Å². The first-order valence-electron chi connectivity index (χ1n) is 6.67. The van der Waals surface area contributed by atoms with E-state index in [4.69, 9.17) is 18.6 Å². The first-order valence-corrected chi connectivity index (χ1v) is 11.0. The van der Waals surface area contributed by atoms with Gasteiger partial charge in [0.25, 0.3) is 0 Å². The predicted octanol–water partition coefficient (Wildman–Crippen LogP) is 5.43. The fourth-order valence-electron chi connectivity index (χ4n) is 2.04. The number of halogens is 2. The average molecular weight is 365 g/mol. The van der Waals surface area contributed by atoms with Gasteiger partial charge in [-0.15, -0.1) is 47.5 Å². The molecule has 0 fully saturated rings. The first kappa shape index (κ1) is 17.2. The van der Waals surface area contributed by atoms with Crippen LogP contribution in [0.2, 0.25) is 0 Å². The number of rotatable bonds is 1. The molecule has 2 nitrogen and oxygen atoms in total. The van der Waals surface area contributed by atoms with Crippen LogP contribution in [0.15, 0.2) is 73.3 Å². The fraction of sp³-hybridized carbons (Fsp3) is 0.0588. The topological polar surface area (TPSA) is 17.8 Å². The van der Waals surface area contributed by atoms with Gasteiger partial charge in [-0.25, -0.2) is 17.1 Å². The quantitative estimate of drug-likeness (QED) is 0.416. The van der Waals surface area contributed by atoms with Crippen LogP contribution in [0.25, 0.3) is 16.5 Å². The molecular weight excluding hydrogens is 351 g/mol. The Morgan fingerprint density at radius 3 is 2.64 bits per heavy atom. The Kier molecular flexibility index (Phi) is 7.61. The number of hydrogen-bond donors (Lipinski definition) is 0. The van der Waals surface area contributed by atoms with Crippen molar-refractivity contribution in [3.8, 4) is 5.69 Å². The van der Waals surface area contributed by atoms with Crippen LogP contribution < -0.4 is 0 Å². The number of imidazole rings is 1. The molecule has 3 aromatic rings. The minimum atomic E-state index is -0.556. The van der Waals surface area contributed by atoms with Crippen LogP contribution in [0.1, 0.15) is 6.42 Å². The molecule has 0 N–H and O–H groups in total. The largest absolute Gasteiger partial charge is 0.325 e. The molecule has 0 aliphatic heterocycles. The molecule has 0 saturated heterocycles. The summed E-state index contributed by atoms with van der Waals surface area (Å²) in [6, 6.07) is 12.7. The van der Waals surface area contributed by atoms with Crippen molar-refractivity contribution in [1.82, 2.24) is 9.55 Å². The van der Waals surface area contributed by atoms with Gasteiger partial charge in [0, 0.05) is 12.4 Å². The standard InChI is InChI=1S/C12H9N2.C5H5.2ClH.Ti/c1-2-4-11-8-12(7-10(11)3-1)14-6-5-13-9-14;1-2-4-5-3-1;;;/h1-9H;1-3H,4H2;2*1H;/q2*-1;;;+2/p-2. The van der Waals surface area contributed by atoms with Gasteiger partial charge in [0.05, 0.1) is 6.33 Å². The Morgan fingerprint density at radius 1 is 1.27 bits per heavy atom. The van der Waals surface area contributed by atoms with Gasteiger partial charge >= 0.3 is 35.6 Å². The van der Waals surface area contributed by atoms with Gasteiger partial charge in [-0.3, -0.25) is 6.08 Å². The number of nitrogens with zero attached hydrogens (tertiary/aromatic N) is 2. The van der Waals surface area contributed by atoms with Crippen molar-refractivity contribution in [3.63, 3.8) is 0 Å². The monoisotopic (exact) mass is 364 g/mol. The molecule has 112 valence electrons. The number of allylic oxidation sites excluding steroid dienone is 4. The Bertz CT molecular complexity index is 687. The van der Waals surface area contributed by atoms with Gasteiger partial charge in [0.2, 0.25) is 0 Å². The molecule has 0 saturated carbocycles. The third-order valence-electron chi connectivity index (χ3n) is 2.99. The van der Waals surface area contributed by atoms with E-state index in [0.717, 1.165) is 6.42 Å². The van der Waals surface area contributed by atoms with E-state index in [1.807, 2.05) is 29.2 Å². The molecule has 1 aliphatic carbocycles. The molecule has 0 unspecified atom stereocenters. The number of hydrogen-bond acceptors (Lipinski definition) is 1. The van der Waals surface area contributed by atoms with Crippen molar-refractivity contribution < 1.29 is 17.0 Å². The third kappa shape index (κ3) is 5.22. The molecule has 0 radical (unpaired) electrons. The van der Waals surface area contributed by atoms with Crippen LogP contribution in [-0.2, 0) is 17.0 Å². The SMILES string of the molecule is [C-]1=CC=CC1.[Cl][Ti][Cl].c1ccc2[cH-]c(-n3ccnc3)cc2c1.